The SMILES string of the molecule is COC(=O)C1CCC(=NO)c2cc(OC)ccc21. The minimum atomic E-state index is -0.304. The first-order chi connectivity index (χ1) is 8.71. The fourth-order valence-corrected chi connectivity index (χ4v) is 2.28. The summed E-state index contributed by atoms with van der Waals surface area (Å²) in [6.07, 6.45) is 1.13. The molecule has 0 bridgehead atoms. The van der Waals surface area contributed by atoms with Crippen LogP contribution in [-0.2, 0) is 9.53 Å². The number of carbonyl (C=O) groups is 1. The maximum Gasteiger partial charge on any atom is 0.313 e. The van der Waals surface area contributed by atoms with Gasteiger partial charge >= 0.3 is 5.97 Å². The number of fused-ring (bicyclic) bond motifs is 1. The molecule has 0 saturated heterocycles. The van der Waals surface area contributed by atoms with E-state index in [0.717, 1.165) is 11.1 Å². The highest BCUT2D eigenvalue weighted by Crippen LogP contribution is 2.34. The summed E-state index contributed by atoms with van der Waals surface area (Å²) in [4.78, 5) is 11.7. The third kappa shape index (κ3) is 2.03. The predicted octanol–water partition coefficient (Wildman–Crippen LogP) is 1.92. The molecule has 1 aliphatic carbocycles. The average molecular weight is 249 g/mol. The maximum atomic E-state index is 11.7. The van der Waals surface area contributed by atoms with Gasteiger partial charge in [-0.1, -0.05) is 11.2 Å². The molecule has 0 heterocycles. The lowest BCUT2D eigenvalue weighted by molar-refractivity contribution is -0.142. The molecule has 18 heavy (non-hydrogen) atoms. The smallest absolute Gasteiger partial charge is 0.313 e. The Morgan fingerprint density at radius 3 is 2.83 bits per heavy atom. The second kappa shape index (κ2) is 5.08. The molecule has 0 fully saturated rings. The number of nitrogens with zero attached hydrogens (tertiary/aromatic N) is 1. The number of esters is 1. The Morgan fingerprint density at radius 1 is 1.44 bits per heavy atom. The van der Waals surface area contributed by atoms with Gasteiger partial charge in [0.2, 0.25) is 0 Å². The Morgan fingerprint density at radius 2 is 2.22 bits per heavy atom. The molecule has 96 valence electrons. The monoisotopic (exact) mass is 249 g/mol. The van der Waals surface area contributed by atoms with Gasteiger partial charge in [-0.15, -0.1) is 0 Å². The third-order valence-corrected chi connectivity index (χ3v) is 3.22. The largest absolute Gasteiger partial charge is 0.497 e. The van der Waals surface area contributed by atoms with Crippen LogP contribution in [0.2, 0.25) is 0 Å². The van der Waals surface area contributed by atoms with E-state index in [-0.39, 0.29) is 11.9 Å². The van der Waals surface area contributed by atoms with Crippen LogP contribution in [0.5, 0.6) is 5.75 Å². The molecule has 5 nitrogen and oxygen atoms in total. The molecule has 5 heteroatoms. The lowest BCUT2D eigenvalue weighted by Gasteiger charge is -2.24. The molecule has 0 aromatic heterocycles. The highest BCUT2D eigenvalue weighted by Gasteiger charge is 2.30. The first kappa shape index (κ1) is 12.4. The van der Waals surface area contributed by atoms with Crippen molar-refractivity contribution in [3.8, 4) is 5.75 Å². The van der Waals surface area contributed by atoms with Gasteiger partial charge < -0.3 is 14.7 Å². The standard InChI is InChI=1S/C13H15NO4/c1-17-8-3-4-9-10(13(15)18-2)5-6-12(14-16)11(9)7-8/h3-4,7,10,16H,5-6H2,1-2H3. The highest BCUT2D eigenvalue weighted by atomic mass is 16.5. The van der Waals surface area contributed by atoms with Crippen molar-refractivity contribution in [3.05, 3.63) is 29.3 Å². The summed E-state index contributed by atoms with van der Waals surface area (Å²) in [5.74, 6) is 0.0974. The Hall–Kier alpha value is -2.04. The van der Waals surface area contributed by atoms with Crippen LogP contribution < -0.4 is 4.74 Å². The number of oxime groups is 1. The molecule has 0 spiro atoms. The van der Waals surface area contributed by atoms with E-state index in [1.54, 1.807) is 19.2 Å². The molecule has 1 N–H and O–H groups in total. The number of hydrogen-bond acceptors (Lipinski definition) is 5. The third-order valence-electron chi connectivity index (χ3n) is 3.22. The van der Waals surface area contributed by atoms with Gasteiger partial charge in [-0.3, -0.25) is 4.79 Å². The number of benzene rings is 1. The zero-order valence-electron chi connectivity index (χ0n) is 10.3. The normalized spacial score (nSPS) is 20.3. The summed E-state index contributed by atoms with van der Waals surface area (Å²) in [5.41, 5.74) is 2.14. The van der Waals surface area contributed by atoms with Crippen molar-refractivity contribution in [1.29, 1.82) is 0 Å². The van der Waals surface area contributed by atoms with E-state index in [1.807, 2.05) is 6.07 Å². The van der Waals surface area contributed by atoms with Crippen LogP contribution in [0.15, 0.2) is 23.4 Å². The molecule has 1 aliphatic rings. The van der Waals surface area contributed by atoms with Gasteiger partial charge in [-0.25, -0.2) is 0 Å². The Kier molecular flexibility index (Phi) is 3.50. The van der Waals surface area contributed by atoms with E-state index in [0.29, 0.717) is 24.3 Å². The lowest BCUT2D eigenvalue weighted by Crippen LogP contribution is -2.23. The Bertz CT molecular complexity index is 496. The number of methoxy groups -OCH3 is 2. The topological polar surface area (TPSA) is 68.1 Å². The van der Waals surface area contributed by atoms with Crippen molar-refractivity contribution < 1.29 is 19.5 Å². The lowest BCUT2D eigenvalue weighted by atomic mass is 9.81. The highest BCUT2D eigenvalue weighted by molar-refractivity contribution is 6.04. The fourth-order valence-electron chi connectivity index (χ4n) is 2.28. The van der Waals surface area contributed by atoms with Crippen molar-refractivity contribution in [2.75, 3.05) is 14.2 Å². The second-order valence-corrected chi connectivity index (χ2v) is 4.11. The quantitative estimate of drug-likeness (QED) is 0.494. The number of ether oxygens (including phenoxy) is 2. The minimum absolute atomic E-state index is 0.265. The van der Waals surface area contributed by atoms with Crippen LogP contribution in [0.1, 0.15) is 29.9 Å². The Balaban J connectivity index is 2.50. The second-order valence-electron chi connectivity index (χ2n) is 4.11. The molecular formula is C13H15NO4. The fraction of sp³-hybridized carbons (Fsp3) is 0.385. The van der Waals surface area contributed by atoms with Crippen molar-refractivity contribution in [3.63, 3.8) is 0 Å². The summed E-state index contributed by atoms with van der Waals surface area (Å²) < 4.78 is 9.94. The zero-order valence-corrected chi connectivity index (χ0v) is 10.3. The summed E-state index contributed by atoms with van der Waals surface area (Å²) >= 11 is 0. The van der Waals surface area contributed by atoms with Crippen LogP contribution in [0.4, 0.5) is 0 Å². The van der Waals surface area contributed by atoms with E-state index in [1.165, 1.54) is 7.11 Å². The molecular weight excluding hydrogens is 234 g/mol. The number of hydrogen-bond donors (Lipinski definition) is 1. The molecule has 0 aliphatic heterocycles. The average Bonchev–Trinajstić information content (AvgIpc) is 2.44. The molecule has 1 aromatic carbocycles. The van der Waals surface area contributed by atoms with Crippen molar-refractivity contribution in [1.82, 2.24) is 0 Å². The molecule has 0 amide bonds. The van der Waals surface area contributed by atoms with Gasteiger partial charge in [0.1, 0.15) is 5.75 Å². The van der Waals surface area contributed by atoms with Gasteiger partial charge in [0.25, 0.3) is 0 Å². The van der Waals surface area contributed by atoms with Crippen LogP contribution in [0.25, 0.3) is 0 Å². The first-order valence-electron chi connectivity index (χ1n) is 5.68. The van der Waals surface area contributed by atoms with Crippen LogP contribution in [0, 0.1) is 0 Å². The summed E-state index contributed by atoms with van der Waals surface area (Å²) in [7, 11) is 2.94. The van der Waals surface area contributed by atoms with Crippen molar-refractivity contribution in [2.45, 2.75) is 18.8 Å². The molecule has 0 saturated carbocycles. The van der Waals surface area contributed by atoms with E-state index in [2.05, 4.69) is 5.16 Å². The number of carbonyl (C=O) groups excluding carboxylic acids is 1. The summed E-state index contributed by atoms with van der Waals surface area (Å²) in [6, 6.07) is 5.38. The first-order valence-corrected chi connectivity index (χ1v) is 5.68. The Labute approximate surface area is 105 Å². The van der Waals surface area contributed by atoms with Crippen molar-refractivity contribution >= 4 is 11.7 Å². The summed E-state index contributed by atoms with van der Waals surface area (Å²) in [6.45, 7) is 0. The van der Waals surface area contributed by atoms with Crippen LogP contribution in [0.3, 0.4) is 0 Å². The van der Waals surface area contributed by atoms with E-state index >= 15 is 0 Å². The van der Waals surface area contributed by atoms with Crippen LogP contribution >= 0.6 is 0 Å². The maximum absolute atomic E-state index is 11.7. The number of rotatable bonds is 2. The molecule has 1 aromatic rings. The van der Waals surface area contributed by atoms with E-state index in [9.17, 15) is 4.79 Å². The van der Waals surface area contributed by atoms with Gasteiger partial charge in [-0.05, 0) is 30.5 Å². The van der Waals surface area contributed by atoms with Gasteiger partial charge in [0, 0.05) is 5.56 Å². The molecule has 0 radical (unpaired) electrons. The van der Waals surface area contributed by atoms with Gasteiger partial charge in [0.05, 0.1) is 25.8 Å². The van der Waals surface area contributed by atoms with Crippen molar-refractivity contribution in [2.24, 2.45) is 5.16 Å². The predicted molar refractivity (Wildman–Crippen MR) is 65.3 cm³/mol. The van der Waals surface area contributed by atoms with E-state index in [4.69, 9.17) is 14.7 Å². The minimum Gasteiger partial charge on any atom is -0.497 e. The molecule has 1 atom stereocenters. The molecule has 1 unspecified atom stereocenters. The summed E-state index contributed by atoms with van der Waals surface area (Å²) in [5, 5.41) is 12.3. The van der Waals surface area contributed by atoms with Gasteiger partial charge in [-0.2, -0.15) is 0 Å². The van der Waals surface area contributed by atoms with E-state index < -0.39 is 0 Å². The van der Waals surface area contributed by atoms with Crippen LogP contribution in [-0.4, -0.2) is 31.1 Å². The zero-order chi connectivity index (χ0) is 13.1. The van der Waals surface area contributed by atoms with Gasteiger partial charge in [0.15, 0.2) is 0 Å². The molecule has 2 rings (SSSR count).